The molecule has 0 aromatic carbocycles. The van der Waals surface area contributed by atoms with Gasteiger partial charge in [-0.2, -0.15) is 0 Å². The molecule has 18 heavy (non-hydrogen) atoms. The molecule has 1 aromatic heterocycles. The highest BCUT2D eigenvalue weighted by Gasteiger charge is 2.25. The molecular weight excluding hydrogens is 222 g/mol. The zero-order valence-electron chi connectivity index (χ0n) is 11.2. The Balaban J connectivity index is 1.60. The molecule has 98 valence electrons. The molecule has 3 rings (SSSR count). The Labute approximate surface area is 110 Å². The first-order chi connectivity index (χ1) is 8.83. The number of pyridine rings is 1. The predicted octanol–water partition coefficient (Wildman–Crippen LogP) is 2.36. The fourth-order valence-corrected chi connectivity index (χ4v) is 2.89. The third kappa shape index (κ3) is 2.83. The predicted molar refractivity (Wildman–Crippen MR) is 74.9 cm³/mol. The lowest BCUT2D eigenvalue weighted by molar-refractivity contribution is 0.391. The van der Waals surface area contributed by atoms with Gasteiger partial charge in [0.05, 0.1) is 0 Å². The van der Waals surface area contributed by atoms with Gasteiger partial charge in [0.25, 0.3) is 0 Å². The molecule has 3 nitrogen and oxygen atoms in total. The average Bonchev–Trinajstić information content (AvgIpc) is 3.21. The summed E-state index contributed by atoms with van der Waals surface area (Å²) in [4.78, 5) is 6.73. The molecule has 1 N–H and O–H groups in total. The summed E-state index contributed by atoms with van der Waals surface area (Å²) in [6, 6.07) is 2.99. The molecule has 1 saturated carbocycles. The summed E-state index contributed by atoms with van der Waals surface area (Å²) < 4.78 is 0. The van der Waals surface area contributed by atoms with Gasteiger partial charge in [-0.15, -0.1) is 0 Å². The van der Waals surface area contributed by atoms with E-state index >= 15 is 0 Å². The van der Waals surface area contributed by atoms with Crippen LogP contribution in [0.5, 0.6) is 0 Å². The standard InChI is InChI=1S/C15H23N3/c1-12-9-16-7-6-15(12)18-8-2-3-13(11-18)10-17-14-4-5-14/h6-7,9,13-14,17H,2-5,8,10-11H2,1H3. The number of hydrogen-bond acceptors (Lipinski definition) is 3. The first-order valence-corrected chi connectivity index (χ1v) is 7.22. The number of piperidine rings is 1. The number of aromatic nitrogens is 1. The highest BCUT2D eigenvalue weighted by Crippen LogP contribution is 2.26. The fourth-order valence-electron chi connectivity index (χ4n) is 2.89. The first kappa shape index (κ1) is 12.0. The SMILES string of the molecule is Cc1cnccc1N1CCCC(CNC2CC2)C1. The lowest BCUT2D eigenvalue weighted by Gasteiger charge is -2.35. The number of hydrogen-bond donors (Lipinski definition) is 1. The quantitative estimate of drug-likeness (QED) is 0.882. The van der Waals surface area contributed by atoms with E-state index < -0.39 is 0 Å². The molecule has 1 aromatic rings. The lowest BCUT2D eigenvalue weighted by Crippen LogP contribution is -2.40. The Bertz CT molecular complexity index is 400. The van der Waals surface area contributed by atoms with Crippen molar-refractivity contribution in [3.63, 3.8) is 0 Å². The summed E-state index contributed by atoms with van der Waals surface area (Å²) in [5, 5.41) is 3.67. The maximum absolute atomic E-state index is 4.19. The van der Waals surface area contributed by atoms with E-state index in [1.54, 1.807) is 0 Å². The molecule has 3 heteroatoms. The Morgan fingerprint density at radius 1 is 1.39 bits per heavy atom. The molecule has 0 bridgehead atoms. The van der Waals surface area contributed by atoms with E-state index in [0.717, 1.165) is 12.0 Å². The summed E-state index contributed by atoms with van der Waals surface area (Å²) in [6.07, 6.45) is 9.36. The van der Waals surface area contributed by atoms with Gasteiger partial charge >= 0.3 is 0 Å². The van der Waals surface area contributed by atoms with Crippen molar-refractivity contribution in [3.05, 3.63) is 24.0 Å². The molecule has 1 saturated heterocycles. The van der Waals surface area contributed by atoms with Crippen LogP contribution < -0.4 is 10.2 Å². The van der Waals surface area contributed by atoms with Crippen LogP contribution in [0.15, 0.2) is 18.5 Å². The zero-order valence-corrected chi connectivity index (χ0v) is 11.2. The number of aryl methyl sites for hydroxylation is 1. The molecular formula is C15H23N3. The molecule has 0 amide bonds. The van der Waals surface area contributed by atoms with Crippen LogP contribution in [0.2, 0.25) is 0 Å². The summed E-state index contributed by atoms with van der Waals surface area (Å²) in [5.74, 6) is 0.812. The minimum absolute atomic E-state index is 0.812. The van der Waals surface area contributed by atoms with Gasteiger partial charge < -0.3 is 10.2 Å². The lowest BCUT2D eigenvalue weighted by atomic mass is 9.97. The second-order valence-electron chi connectivity index (χ2n) is 5.80. The van der Waals surface area contributed by atoms with Crippen LogP contribution in [0, 0.1) is 12.8 Å². The van der Waals surface area contributed by atoms with E-state index in [2.05, 4.69) is 28.2 Å². The topological polar surface area (TPSA) is 28.2 Å². The number of nitrogens with zero attached hydrogens (tertiary/aromatic N) is 2. The zero-order chi connectivity index (χ0) is 12.4. The van der Waals surface area contributed by atoms with Crippen molar-refractivity contribution in [3.8, 4) is 0 Å². The molecule has 1 atom stereocenters. The van der Waals surface area contributed by atoms with Crippen LogP contribution >= 0.6 is 0 Å². The molecule has 0 radical (unpaired) electrons. The average molecular weight is 245 g/mol. The van der Waals surface area contributed by atoms with Crippen molar-refractivity contribution in [1.29, 1.82) is 0 Å². The number of anilines is 1. The van der Waals surface area contributed by atoms with Crippen molar-refractivity contribution in [2.75, 3.05) is 24.5 Å². The summed E-state index contributed by atoms with van der Waals surface area (Å²) in [7, 11) is 0. The molecule has 1 aliphatic heterocycles. The highest BCUT2D eigenvalue weighted by molar-refractivity contribution is 5.51. The molecule has 2 aliphatic rings. The summed E-state index contributed by atoms with van der Waals surface area (Å²) in [6.45, 7) is 5.76. The minimum atomic E-state index is 0.812. The molecule has 1 aliphatic carbocycles. The van der Waals surface area contributed by atoms with Crippen LogP contribution in [0.3, 0.4) is 0 Å². The van der Waals surface area contributed by atoms with E-state index in [1.165, 1.54) is 56.6 Å². The monoisotopic (exact) mass is 245 g/mol. The second kappa shape index (κ2) is 5.27. The van der Waals surface area contributed by atoms with Gasteiger partial charge in [-0.3, -0.25) is 4.98 Å². The van der Waals surface area contributed by atoms with Crippen LogP contribution in [-0.4, -0.2) is 30.7 Å². The minimum Gasteiger partial charge on any atom is -0.371 e. The van der Waals surface area contributed by atoms with Crippen molar-refractivity contribution in [1.82, 2.24) is 10.3 Å². The summed E-state index contributed by atoms with van der Waals surface area (Å²) in [5.41, 5.74) is 2.68. The van der Waals surface area contributed by atoms with Gasteiger partial charge in [0.1, 0.15) is 0 Å². The van der Waals surface area contributed by atoms with Gasteiger partial charge in [-0.25, -0.2) is 0 Å². The van der Waals surface area contributed by atoms with E-state index in [1.807, 2.05) is 12.4 Å². The summed E-state index contributed by atoms with van der Waals surface area (Å²) >= 11 is 0. The van der Waals surface area contributed by atoms with Gasteiger partial charge in [-0.1, -0.05) is 0 Å². The molecule has 2 heterocycles. The Hall–Kier alpha value is -1.09. The van der Waals surface area contributed by atoms with Crippen molar-refractivity contribution >= 4 is 5.69 Å². The molecule has 2 fully saturated rings. The number of nitrogens with one attached hydrogen (secondary N) is 1. The molecule has 1 unspecified atom stereocenters. The highest BCUT2D eigenvalue weighted by atomic mass is 15.1. The van der Waals surface area contributed by atoms with Gasteiger partial charge in [0.15, 0.2) is 0 Å². The second-order valence-corrected chi connectivity index (χ2v) is 5.80. The number of rotatable bonds is 4. The van der Waals surface area contributed by atoms with Gasteiger partial charge in [0.2, 0.25) is 0 Å². The van der Waals surface area contributed by atoms with Crippen molar-refractivity contribution in [2.45, 2.75) is 38.6 Å². The van der Waals surface area contributed by atoms with Gasteiger partial charge in [0, 0.05) is 37.2 Å². The van der Waals surface area contributed by atoms with Gasteiger partial charge in [-0.05, 0) is 56.7 Å². The Kier molecular flexibility index (Phi) is 3.50. The van der Waals surface area contributed by atoms with E-state index in [4.69, 9.17) is 0 Å². The van der Waals surface area contributed by atoms with Crippen molar-refractivity contribution < 1.29 is 0 Å². The fraction of sp³-hybridized carbons (Fsp3) is 0.667. The van der Waals surface area contributed by atoms with Crippen LogP contribution in [0.25, 0.3) is 0 Å². The third-order valence-corrected chi connectivity index (χ3v) is 4.12. The maximum atomic E-state index is 4.19. The smallest absolute Gasteiger partial charge is 0.0426 e. The van der Waals surface area contributed by atoms with E-state index in [0.29, 0.717) is 0 Å². The molecule has 0 spiro atoms. The Morgan fingerprint density at radius 2 is 2.28 bits per heavy atom. The largest absolute Gasteiger partial charge is 0.371 e. The van der Waals surface area contributed by atoms with Crippen LogP contribution in [0.1, 0.15) is 31.2 Å². The Morgan fingerprint density at radius 3 is 3.06 bits per heavy atom. The third-order valence-electron chi connectivity index (χ3n) is 4.12. The van der Waals surface area contributed by atoms with Crippen molar-refractivity contribution in [2.24, 2.45) is 5.92 Å². The van der Waals surface area contributed by atoms with E-state index in [-0.39, 0.29) is 0 Å². The van der Waals surface area contributed by atoms with Crippen LogP contribution in [-0.2, 0) is 0 Å². The maximum Gasteiger partial charge on any atom is 0.0426 e. The van der Waals surface area contributed by atoms with E-state index in [9.17, 15) is 0 Å². The van der Waals surface area contributed by atoms with Crippen LogP contribution in [0.4, 0.5) is 5.69 Å². The normalized spacial score (nSPS) is 24.3. The first-order valence-electron chi connectivity index (χ1n) is 7.22.